The van der Waals surface area contributed by atoms with Crippen molar-refractivity contribution in [2.45, 2.75) is 45.4 Å². The Morgan fingerprint density at radius 2 is 2.00 bits per heavy atom. The lowest BCUT2D eigenvalue weighted by atomic mass is 10.00. The molecule has 1 aromatic carbocycles. The molecule has 3 rings (SSSR count). The molecule has 0 bridgehead atoms. The van der Waals surface area contributed by atoms with Gasteiger partial charge in [-0.15, -0.1) is 0 Å². The first-order valence-electron chi connectivity index (χ1n) is 9.73. The lowest BCUT2D eigenvalue weighted by Crippen LogP contribution is -2.66. The maximum atomic E-state index is 12.1. The SMILES string of the molecule is COc1cccc(N2CCN(C3NC(=O)CC(CCC(C)C)N3)CC2)c1. The van der Waals surface area contributed by atoms with Gasteiger partial charge in [-0.25, -0.2) is 0 Å². The Morgan fingerprint density at radius 1 is 1.23 bits per heavy atom. The van der Waals surface area contributed by atoms with Gasteiger partial charge in [-0.05, 0) is 30.9 Å². The van der Waals surface area contributed by atoms with Crippen molar-refractivity contribution in [3.05, 3.63) is 24.3 Å². The third kappa shape index (κ3) is 4.89. The molecule has 2 saturated heterocycles. The first-order valence-corrected chi connectivity index (χ1v) is 9.73. The zero-order chi connectivity index (χ0) is 18.5. The number of piperazine rings is 1. The smallest absolute Gasteiger partial charge is 0.223 e. The van der Waals surface area contributed by atoms with E-state index in [1.807, 2.05) is 12.1 Å². The van der Waals surface area contributed by atoms with Crippen LogP contribution in [0.25, 0.3) is 0 Å². The van der Waals surface area contributed by atoms with Crippen LogP contribution in [0.1, 0.15) is 33.1 Å². The Morgan fingerprint density at radius 3 is 2.69 bits per heavy atom. The van der Waals surface area contributed by atoms with E-state index >= 15 is 0 Å². The monoisotopic (exact) mass is 360 g/mol. The maximum absolute atomic E-state index is 12.1. The Bertz CT molecular complexity index is 599. The third-order valence-corrected chi connectivity index (χ3v) is 5.31. The molecule has 2 aliphatic heterocycles. The van der Waals surface area contributed by atoms with Crippen molar-refractivity contribution in [3.63, 3.8) is 0 Å². The molecule has 144 valence electrons. The summed E-state index contributed by atoms with van der Waals surface area (Å²) in [6, 6.07) is 8.49. The van der Waals surface area contributed by atoms with Gasteiger partial charge in [0, 0.05) is 50.4 Å². The lowest BCUT2D eigenvalue weighted by Gasteiger charge is -2.43. The highest BCUT2D eigenvalue weighted by molar-refractivity contribution is 5.77. The van der Waals surface area contributed by atoms with E-state index in [2.05, 4.69) is 46.4 Å². The van der Waals surface area contributed by atoms with Crippen LogP contribution < -0.4 is 20.3 Å². The number of nitrogens with zero attached hydrogens (tertiary/aromatic N) is 2. The molecule has 1 aromatic rings. The number of carbonyl (C=O) groups excluding carboxylic acids is 1. The fraction of sp³-hybridized carbons (Fsp3) is 0.650. The number of methoxy groups -OCH3 is 1. The molecule has 6 nitrogen and oxygen atoms in total. The molecule has 0 radical (unpaired) electrons. The molecule has 2 N–H and O–H groups in total. The van der Waals surface area contributed by atoms with Crippen LogP contribution in [0.4, 0.5) is 5.69 Å². The van der Waals surface area contributed by atoms with Gasteiger partial charge >= 0.3 is 0 Å². The molecule has 1 amide bonds. The molecule has 2 atom stereocenters. The first kappa shape index (κ1) is 19.0. The van der Waals surface area contributed by atoms with Gasteiger partial charge in [0.2, 0.25) is 5.91 Å². The van der Waals surface area contributed by atoms with Crippen LogP contribution in [0, 0.1) is 5.92 Å². The zero-order valence-corrected chi connectivity index (χ0v) is 16.2. The van der Waals surface area contributed by atoms with E-state index in [0.29, 0.717) is 12.3 Å². The second-order valence-electron chi connectivity index (χ2n) is 7.73. The summed E-state index contributed by atoms with van der Waals surface area (Å²) < 4.78 is 5.33. The largest absolute Gasteiger partial charge is 0.497 e. The molecule has 2 fully saturated rings. The normalized spacial score (nSPS) is 24.6. The predicted octanol–water partition coefficient (Wildman–Crippen LogP) is 2.02. The Kier molecular flexibility index (Phi) is 6.38. The van der Waals surface area contributed by atoms with Crippen molar-refractivity contribution in [2.75, 3.05) is 38.2 Å². The lowest BCUT2D eigenvalue weighted by molar-refractivity contribution is -0.127. The van der Waals surface area contributed by atoms with Crippen molar-refractivity contribution in [1.29, 1.82) is 0 Å². The maximum Gasteiger partial charge on any atom is 0.223 e. The van der Waals surface area contributed by atoms with Gasteiger partial charge in [-0.2, -0.15) is 0 Å². The number of rotatable bonds is 6. The van der Waals surface area contributed by atoms with Crippen molar-refractivity contribution >= 4 is 11.6 Å². The van der Waals surface area contributed by atoms with E-state index in [1.54, 1.807) is 7.11 Å². The molecule has 26 heavy (non-hydrogen) atoms. The molecular weight excluding hydrogens is 328 g/mol. The average molecular weight is 361 g/mol. The molecule has 0 aromatic heterocycles. The van der Waals surface area contributed by atoms with Crippen molar-refractivity contribution in [3.8, 4) is 5.75 Å². The number of nitrogens with one attached hydrogen (secondary N) is 2. The number of anilines is 1. The van der Waals surface area contributed by atoms with Crippen molar-refractivity contribution in [2.24, 2.45) is 5.92 Å². The highest BCUT2D eigenvalue weighted by atomic mass is 16.5. The topological polar surface area (TPSA) is 56.8 Å². The molecule has 6 heteroatoms. The van der Waals surface area contributed by atoms with E-state index in [9.17, 15) is 4.79 Å². The molecule has 2 aliphatic rings. The van der Waals surface area contributed by atoms with Gasteiger partial charge in [-0.3, -0.25) is 15.0 Å². The number of amides is 1. The van der Waals surface area contributed by atoms with Gasteiger partial charge in [-0.1, -0.05) is 19.9 Å². The number of ether oxygens (including phenoxy) is 1. The van der Waals surface area contributed by atoms with Crippen LogP contribution in [0.3, 0.4) is 0 Å². The summed E-state index contributed by atoms with van der Waals surface area (Å²) in [5.74, 6) is 1.73. The van der Waals surface area contributed by atoms with Crippen LogP contribution in [-0.4, -0.2) is 56.4 Å². The summed E-state index contributed by atoms with van der Waals surface area (Å²) in [5.41, 5.74) is 1.19. The highest BCUT2D eigenvalue weighted by Crippen LogP contribution is 2.22. The van der Waals surface area contributed by atoms with E-state index < -0.39 is 0 Å². The standard InChI is InChI=1S/C20H32N4O2/c1-15(2)7-8-16-13-19(25)22-20(21-16)24-11-9-23(10-12-24)17-5-4-6-18(14-17)26-3/h4-6,14-16,20-21H,7-13H2,1-3H3,(H,22,25). The molecular formula is C20H32N4O2. The second-order valence-corrected chi connectivity index (χ2v) is 7.73. The van der Waals surface area contributed by atoms with Crippen LogP contribution in [0.15, 0.2) is 24.3 Å². The number of hydrogen-bond acceptors (Lipinski definition) is 5. The third-order valence-electron chi connectivity index (χ3n) is 5.31. The first-order chi connectivity index (χ1) is 12.5. The Labute approximate surface area is 156 Å². The average Bonchev–Trinajstić information content (AvgIpc) is 2.66. The van der Waals surface area contributed by atoms with Gasteiger partial charge < -0.3 is 15.0 Å². The summed E-state index contributed by atoms with van der Waals surface area (Å²) in [6.07, 6.45) is 2.76. The summed E-state index contributed by atoms with van der Waals surface area (Å²) in [7, 11) is 1.70. The van der Waals surface area contributed by atoms with Crippen LogP contribution in [0.2, 0.25) is 0 Å². The summed E-state index contributed by atoms with van der Waals surface area (Å²) in [5, 5.41) is 6.75. The van der Waals surface area contributed by atoms with Crippen LogP contribution in [0.5, 0.6) is 5.75 Å². The van der Waals surface area contributed by atoms with Crippen LogP contribution in [-0.2, 0) is 4.79 Å². The van der Waals surface area contributed by atoms with Crippen molar-refractivity contribution < 1.29 is 9.53 Å². The molecule has 0 saturated carbocycles. The quantitative estimate of drug-likeness (QED) is 0.813. The molecule has 0 spiro atoms. The van der Waals surface area contributed by atoms with E-state index in [4.69, 9.17) is 4.74 Å². The van der Waals surface area contributed by atoms with Gasteiger partial charge in [0.15, 0.2) is 0 Å². The summed E-state index contributed by atoms with van der Waals surface area (Å²) in [6.45, 7) is 8.20. The summed E-state index contributed by atoms with van der Waals surface area (Å²) >= 11 is 0. The molecule has 2 heterocycles. The van der Waals surface area contributed by atoms with E-state index in [0.717, 1.165) is 44.8 Å². The minimum absolute atomic E-state index is 0.0409. The fourth-order valence-electron chi connectivity index (χ4n) is 3.72. The Balaban J connectivity index is 1.54. The predicted molar refractivity (Wildman–Crippen MR) is 104 cm³/mol. The van der Waals surface area contributed by atoms with Crippen LogP contribution >= 0.6 is 0 Å². The minimum atomic E-state index is -0.0409. The molecule has 0 aliphatic carbocycles. The van der Waals surface area contributed by atoms with E-state index in [1.165, 1.54) is 5.69 Å². The highest BCUT2D eigenvalue weighted by Gasteiger charge is 2.31. The number of hydrogen-bond donors (Lipinski definition) is 2. The summed E-state index contributed by atoms with van der Waals surface area (Å²) in [4.78, 5) is 16.8. The number of benzene rings is 1. The van der Waals surface area contributed by atoms with Crippen molar-refractivity contribution in [1.82, 2.24) is 15.5 Å². The van der Waals surface area contributed by atoms with E-state index in [-0.39, 0.29) is 18.2 Å². The minimum Gasteiger partial charge on any atom is -0.497 e. The van der Waals surface area contributed by atoms with Gasteiger partial charge in [0.1, 0.15) is 12.0 Å². The molecule has 2 unspecified atom stereocenters. The number of carbonyl (C=O) groups is 1. The fourth-order valence-corrected chi connectivity index (χ4v) is 3.72. The van der Waals surface area contributed by atoms with Gasteiger partial charge in [0.05, 0.1) is 7.11 Å². The van der Waals surface area contributed by atoms with Gasteiger partial charge in [0.25, 0.3) is 0 Å². The zero-order valence-electron chi connectivity index (χ0n) is 16.2. The second kappa shape index (κ2) is 8.73. The Hall–Kier alpha value is -1.79.